The van der Waals surface area contributed by atoms with Crippen LogP contribution in [0.2, 0.25) is 0 Å². The summed E-state index contributed by atoms with van der Waals surface area (Å²) in [6.45, 7) is 0. The van der Waals surface area contributed by atoms with Crippen molar-refractivity contribution in [3.63, 3.8) is 0 Å². The summed E-state index contributed by atoms with van der Waals surface area (Å²) in [5, 5.41) is 14.9. The van der Waals surface area contributed by atoms with Gasteiger partial charge in [-0.3, -0.25) is 14.7 Å². The van der Waals surface area contributed by atoms with Gasteiger partial charge in [-0.05, 0) is 35.9 Å². The van der Waals surface area contributed by atoms with Crippen molar-refractivity contribution in [3.8, 4) is 11.6 Å². The number of nitrogens with one attached hydrogen (secondary N) is 2. The number of rotatable bonds is 4. The van der Waals surface area contributed by atoms with E-state index in [2.05, 4.69) is 10.1 Å². The number of aromatic amines is 2. The maximum Gasteiger partial charge on any atom is 0.274 e. The van der Waals surface area contributed by atoms with Gasteiger partial charge in [-0.2, -0.15) is 0 Å². The molecule has 0 fully saturated rings. The lowest BCUT2D eigenvalue weighted by atomic mass is 9.97. The summed E-state index contributed by atoms with van der Waals surface area (Å²) in [5.41, 5.74) is 1.18. The number of hydrogen-bond donors (Lipinski definition) is 3. The first-order chi connectivity index (χ1) is 15.1. The van der Waals surface area contributed by atoms with Crippen LogP contribution in [0.4, 0.5) is 0 Å². The fourth-order valence-corrected chi connectivity index (χ4v) is 4.06. The molecule has 0 amide bonds. The highest BCUT2D eigenvalue weighted by Crippen LogP contribution is 2.37. The molecule has 0 aliphatic rings. The van der Waals surface area contributed by atoms with Gasteiger partial charge < -0.3 is 14.8 Å². The zero-order valence-electron chi connectivity index (χ0n) is 16.6. The second kappa shape index (κ2) is 7.21. The molecule has 0 bridgehead atoms. The Kier molecular flexibility index (Phi) is 4.36. The van der Waals surface area contributed by atoms with E-state index in [0.29, 0.717) is 27.6 Å². The average molecular weight is 413 g/mol. The molecular formula is C24H19N3O4. The third-order valence-electron chi connectivity index (χ3n) is 5.53. The molecule has 7 nitrogen and oxygen atoms in total. The number of benzene rings is 3. The van der Waals surface area contributed by atoms with Crippen LogP contribution in [0.3, 0.4) is 0 Å². The molecule has 1 atom stereocenters. The second-order valence-electron chi connectivity index (χ2n) is 7.27. The molecule has 1 unspecified atom stereocenters. The van der Waals surface area contributed by atoms with Crippen LogP contribution in [0.1, 0.15) is 17.2 Å². The molecule has 2 heterocycles. The van der Waals surface area contributed by atoms with Crippen LogP contribution >= 0.6 is 0 Å². The van der Waals surface area contributed by atoms with E-state index in [1.54, 1.807) is 43.5 Å². The Hall–Kier alpha value is -4.26. The number of ether oxygens (including phenoxy) is 1. The van der Waals surface area contributed by atoms with E-state index in [1.165, 1.54) is 4.68 Å². The first-order valence-corrected chi connectivity index (χ1v) is 9.75. The average Bonchev–Trinajstić information content (AvgIpc) is 3.13. The number of nitrogens with zero attached hydrogens (tertiary/aromatic N) is 1. The molecule has 0 aliphatic carbocycles. The first kappa shape index (κ1) is 18.7. The molecule has 2 aromatic heterocycles. The summed E-state index contributed by atoms with van der Waals surface area (Å²) < 4.78 is 6.54. The molecular weight excluding hydrogens is 394 g/mol. The maximum absolute atomic E-state index is 13.4. The minimum Gasteiger partial charge on any atom is -0.497 e. The number of fused-ring (bicyclic) bond motifs is 2. The molecule has 0 aliphatic heterocycles. The van der Waals surface area contributed by atoms with Gasteiger partial charge in [0.15, 0.2) is 5.88 Å². The van der Waals surface area contributed by atoms with E-state index >= 15 is 0 Å². The molecule has 0 spiro atoms. The van der Waals surface area contributed by atoms with Gasteiger partial charge in [0.25, 0.3) is 11.1 Å². The number of aromatic nitrogens is 3. The van der Waals surface area contributed by atoms with Crippen LogP contribution in [0, 0.1) is 0 Å². The number of methoxy groups -OCH3 is 1. The summed E-state index contributed by atoms with van der Waals surface area (Å²) in [6.07, 6.45) is 0. The van der Waals surface area contributed by atoms with Crippen LogP contribution in [0.25, 0.3) is 21.7 Å². The summed E-state index contributed by atoms with van der Waals surface area (Å²) in [7, 11) is 1.57. The molecule has 3 aromatic carbocycles. The van der Waals surface area contributed by atoms with Crippen molar-refractivity contribution in [1.29, 1.82) is 0 Å². The van der Waals surface area contributed by atoms with Gasteiger partial charge in [-0.15, -0.1) is 0 Å². The monoisotopic (exact) mass is 413 g/mol. The minimum atomic E-state index is -0.771. The molecule has 0 saturated heterocycles. The van der Waals surface area contributed by atoms with Crippen LogP contribution < -0.4 is 15.9 Å². The van der Waals surface area contributed by atoms with Gasteiger partial charge in [-0.25, -0.2) is 4.68 Å². The van der Waals surface area contributed by atoms with Crippen LogP contribution in [-0.2, 0) is 0 Å². The van der Waals surface area contributed by atoms with Gasteiger partial charge in [-0.1, -0.05) is 42.5 Å². The van der Waals surface area contributed by atoms with Gasteiger partial charge in [0.2, 0.25) is 0 Å². The standard InChI is InChI=1S/C24H19N3O4/c1-31-15-12-10-14(11-13-15)21(20-18-8-4-5-9-19(18)25-23(20)29)27-24(30)17-7-3-2-6-16(17)22(28)26-27/h2-13,21,25,29H,1H3,(H,26,28). The molecule has 0 saturated carbocycles. The summed E-state index contributed by atoms with van der Waals surface area (Å²) in [5.74, 6) is 0.591. The predicted octanol–water partition coefficient (Wildman–Crippen LogP) is 3.52. The molecule has 7 heteroatoms. The van der Waals surface area contributed by atoms with Crippen LogP contribution in [0.5, 0.6) is 11.6 Å². The zero-order valence-corrected chi connectivity index (χ0v) is 16.6. The highest BCUT2D eigenvalue weighted by atomic mass is 16.5. The third-order valence-corrected chi connectivity index (χ3v) is 5.53. The van der Waals surface area contributed by atoms with Crippen molar-refractivity contribution in [3.05, 3.63) is 105 Å². The van der Waals surface area contributed by atoms with Crippen molar-refractivity contribution >= 4 is 21.7 Å². The van der Waals surface area contributed by atoms with Gasteiger partial charge in [0, 0.05) is 10.9 Å². The van der Waals surface area contributed by atoms with Crippen molar-refractivity contribution in [2.75, 3.05) is 7.11 Å². The molecule has 31 heavy (non-hydrogen) atoms. The summed E-state index contributed by atoms with van der Waals surface area (Å²) in [4.78, 5) is 29.2. The second-order valence-corrected chi connectivity index (χ2v) is 7.27. The third kappa shape index (κ3) is 2.98. The van der Waals surface area contributed by atoms with Gasteiger partial charge >= 0.3 is 0 Å². The lowest BCUT2D eigenvalue weighted by molar-refractivity contribution is 0.414. The molecule has 3 N–H and O–H groups in total. The SMILES string of the molecule is COc1ccc(C(c2c(O)[nH]c3ccccc23)n2[nH]c(=O)c3ccccc3c2=O)cc1. The predicted molar refractivity (Wildman–Crippen MR) is 119 cm³/mol. The molecule has 0 radical (unpaired) electrons. The van der Waals surface area contributed by atoms with Crippen molar-refractivity contribution in [1.82, 2.24) is 14.8 Å². The van der Waals surface area contributed by atoms with E-state index in [-0.39, 0.29) is 17.0 Å². The van der Waals surface area contributed by atoms with Crippen molar-refractivity contribution in [2.45, 2.75) is 6.04 Å². The summed E-state index contributed by atoms with van der Waals surface area (Å²) in [6, 6.07) is 20.5. The highest BCUT2D eigenvalue weighted by Gasteiger charge is 2.26. The zero-order chi connectivity index (χ0) is 21.5. The van der Waals surface area contributed by atoms with Crippen LogP contribution in [-0.4, -0.2) is 27.0 Å². The van der Waals surface area contributed by atoms with E-state index < -0.39 is 6.04 Å². The molecule has 154 valence electrons. The molecule has 5 aromatic rings. The topological polar surface area (TPSA) is 100 Å². The first-order valence-electron chi connectivity index (χ1n) is 9.75. The van der Waals surface area contributed by atoms with Gasteiger partial charge in [0.05, 0.1) is 23.4 Å². The Morgan fingerprint density at radius 1 is 0.871 bits per heavy atom. The van der Waals surface area contributed by atoms with Crippen molar-refractivity contribution < 1.29 is 9.84 Å². The fraction of sp³-hybridized carbons (Fsp3) is 0.0833. The normalized spacial score (nSPS) is 12.3. The van der Waals surface area contributed by atoms with Crippen molar-refractivity contribution in [2.24, 2.45) is 0 Å². The Morgan fingerprint density at radius 3 is 2.23 bits per heavy atom. The Labute approximate surface area is 176 Å². The Bertz CT molecular complexity index is 1530. The number of para-hydroxylation sites is 1. The van der Waals surface area contributed by atoms with E-state index in [1.807, 2.05) is 36.4 Å². The van der Waals surface area contributed by atoms with Crippen LogP contribution in [0.15, 0.2) is 82.4 Å². The Morgan fingerprint density at radius 2 is 1.52 bits per heavy atom. The van der Waals surface area contributed by atoms with E-state index in [0.717, 1.165) is 10.9 Å². The smallest absolute Gasteiger partial charge is 0.274 e. The highest BCUT2D eigenvalue weighted by molar-refractivity contribution is 5.87. The van der Waals surface area contributed by atoms with Gasteiger partial charge in [0.1, 0.15) is 11.8 Å². The molecule has 5 rings (SSSR count). The number of aromatic hydroxyl groups is 1. The lowest BCUT2D eigenvalue weighted by Gasteiger charge is -2.21. The number of hydrogen-bond acceptors (Lipinski definition) is 4. The number of H-pyrrole nitrogens is 2. The van der Waals surface area contributed by atoms with E-state index in [4.69, 9.17) is 4.74 Å². The summed E-state index contributed by atoms with van der Waals surface area (Å²) >= 11 is 0. The van der Waals surface area contributed by atoms with E-state index in [9.17, 15) is 14.7 Å². The largest absolute Gasteiger partial charge is 0.497 e. The fourth-order valence-electron chi connectivity index (χ4n) is 4.06. The Balaban J connectivity index is 1.86. The maximum atomic E-state index is 13.4. The quantitative estimate of drug-likeness (QED) is 0.420. The lowest BCUT2D eigenvalue weighted by Crippen LogP contribution is -2.34. The minimum absolute atomic E-state index is 0.0667.